The van der Waals surface area contributed by atoms with E-state index in [9.17, 15) is 9.18 Å². The Morgan fingerprint density at radius 3 is 2.52 bits per heavy atom. The molecule has 0 aliphatic heterocycles. The molecule has 2 aromatic carbocycles. The van der Waals surface area contributed by atoms with E-state index < -0.39 is 5.82 Å². The molecule has 0 saturated heterocycles. The number of amides is 2. The van der Waals surface area contributed by atoms with Crippen LogP contribution in [0.25, 0.3) is 0 Å². The molecule has 0 radical (unpaired) electrons. The standard InChI is InChI=1S/C18H18FN3O/c1-12-4-6-14(7-5-12)13(2)22(3)18(23)21-17-9-8-16(19)10-15(17)11-20/h4-10,13H,1-3H3,(H,21,23). The number of carbonyl (C=O) groups excluding carboxylic acids is 1. The summed E-state index contributed by atoms with van der Waals surface area (Å²) < 4.78 is 13.1. The second-order valence-electron chi connectivity index (χ2n) is 5.43. The number of halogens is 1. The number of anilines is 1. The van der Waals surface area contributed by atoms with Gasteiger partial charge in [0.25, 0.3) is 0 Å². The Hall–Kier alpha value is -2.87. The van der Waals surface area contributed by atoms with Crippen molar-refractivity contribution in [2.45, 2.75) is 19.9 Å². The van der Waals surface area contributed by atoms with Crippen molar-refractivity contribution in [1.82, 2.24) is 4.90 Å². The topological polar surface area (TPSA) is 56.1 Å². The molecule has 0 fully saturated rings. The Labute approximate surface area is 135 Å². The van der Waals surface area contributed by atoms with Crippen LogP contribution in [0.15, 0.2) is 42.5 Å². The maximum atomic E-state index is 13.1. The van der Waals surface area contributed by atoms with E-state index in [0.717, 1.165) is 17.2 Å². The summed E-state index contributed by atoms with van der Waals surface area (Å²) in [5, 5.41) is 11.7. The monoisotopic (exact) mass is 311 g/mol. The largest absolute Gasteiger partial charge is 0.322 e. The average molecular weight is 311 g/mol. The van der Waals surface area contributed by atoms with Gasteiger partial charge in [0.15, 0.2) is 0 Å². The van der Waals surface area contributed by atoms with Crippen molar-refractivity contribution < 1.29 is 9.18 Å². The van der Waals surface area contributed by atoms with Crippen molar-refractivity contribution in [2.24, 2.45) is 0 Å². The molecule has 1 atom stereocenters. The lowest BCUT2D eigenvalue weighted by Crippen LogP contribution is -2.33. The second kappa shape index (κ2) is 6.93. The van der Waals surface area contributed by atoms with E-state index in [1.165, 1.54) is 17.0 Å². The van der Waals surface area contributed by atoms with Crippen molar-refractivity contribution in [2.75, 3.05) is 12.4 Å². The van der Waals surface area contributed by atoms with Crippen LogP contribution in [0.3, 0.4) is 0 Å². The van der Waals surface area contributed by atoms with E-state index in [4.69, 9.17) is 5.26 Å². The van der Waals surface area contributed by atoms with Gasteiger partial charge in [-0.1, -0.05) is 29.8 Å². The first-order valence-electron chi connectivity index (χ1n) is 7.22. The number of aryl methyl sites for hydroxylation is 1. The van der Waals surface area contributed by atoms with Crippen molar-refractivity contribution in [3.05, 3.63) is 65.0 Å². The van der Waals surface area contributed by atoms with Crippen molar-refractivity contribution in [1.29, 1.82) is 5.26 Å². The van der Waals surface area contributed by atoms with E-state index in [1.807, 2.05) is 44.2 Å². The van der Waals surface area contributed by atoms with Gasteiger partial charge in [-0.15, -0.1) is 0 Å². The molecular weight excluding hydrogens is 293 g/mol. The Bertz CT molecular complexity index is 750. The zero-order valence-corrected chi connectivity index (χ0v) is 13.3. The third-order valence-corrected chi connectivity index (χ3v) is 3.80. The fraction of sp³-hybridized carbons (Fsp3) is 0.222. The molecule has 2 aromatic rings. The lowest BCUT2D eigenvalue weighted by atomic mass is 10.1. The summed E-state index contributed by atoms with van der Waals surface area (Å²) in [6.45, 7) is 3.92. The maximum absolute atomic E-state index is 13.1. The molecule has 1 unspecified atom stereocenters. The normalized spacial score (nSPS) is 11.4. The van der Waals surface area contributed by atoms with Crippen LogP contribution in [0.4, 0.5) is 14.9 Å². The summed E-state index contributed by atoms with van der Waals surface area (Å²) in [6.07, 6.45) is 0. The van der Waals surface area contributed by atoms with Gasteiger partial charge in [0.2, 0.25) is 0 Å². The van der Waals surface area contributed by atoms with Gasteiger partial charge in [0.1, 0.15) is 11.9 Å². The van der Waals surface area contributed by atoms with Crippen molar-refractivity contribution in [3.63, 3.8) is 0 Å². The van der Waals surface area contributed by atoms with Gasteiger partial charge in [-0.3, -0.25) is 0 Å². The Balaban J connectivity index is 2.14. The van der Waals surface area contributed by atoms with Crippen LogP contribution in [-0.2, 0) is 0 Å². The highest BCUT2D eigenvalue weighted by molar-refractivity contribution is 5.90. The minimum Gasteiger partial charge on any atom is -0.321 e. The Kier molecular flexibility index (Phi) is 4.97. The number of nitrogens with zero attached hydrogens (tertiary/aromatic N) is 2. The Morgan fingerprint density at radius 2 is 1.91 bits per heavy atom. The lowest BCUT2D eigenvalue weighted by molar-refractivity contribution is 0.208. The molecule has 0 saturated carbocycles. The van der Waals surface area contributed by atoms with Crippen LogP contribution in [0.1, 0.15) is 29.7 Å². The maximum Gasteiger partial charge on any atom is 0.322 e. The summed E-state index contributed by atoms with van der Waals surface area (Å²) in [5.74, 6) is -0.513. The molecule has 118 valence electrons. The molecule has 2 amide bonds. The lowest BCUT2D eigenvalue weighted by Gasteiger charge is -2.26. The molecule has 0 heterocycles. The van der Waals surface area contributed by atoms with Gasteiger partial charge < -0.3 is 10.2 Å². The highest BCUT2D eigenvalue weighted by atomic mass is 19.1. The van der Waals surface area contributed by atoms with Gasteiger partial charge in [-0.05, 0) is 37.6 Å². The highest BCUT2D eigenvalue weighted by Crippen LogP contribution is 2.21. The number of benzene rings is 2. The number of rotatable bonds is 3. The number of hydrogen-bond acceptors (Lipinski definition) is 2. The minimum atomic E-state index is -0.513. The van der Waals surface area contributed by atoms with Gasteiger partial charge >= 0.3 is 6.03 Å². The predicted molar refractivity (Wildman–Crippen MR) is 87.5 cm³/mol. The van der Waals surface area contributed by atoms with Gasteiger partial charge in [-0.25, -0.2) is 9.18 Å². The summed E-state index contributed by atoms with van der Waals surface area (Å²) in [4.78, 5) is 13.9. The number of carbonyl (C=O) groups is 1. The number of urea groups is 1. The van der Waals surface area contributed by atoms with E-state index in [-0.39, 0.29) is 17.6 Å². The molecule has 1 N–H and O–H groups in total. The summed E-state index contributed by atoms with van der Waals surface area (Å²) in [7, 11) is 1.68. The predicted octanol–water partition coefficient (Wildman–Crippen LogP) is 4.23. The molecule has 4 nitrogen and oxygen atoms in total. The molecular formula is C18H18FN3O. The molecule has 0 aromatic heterocycles. The summed E-state index contributed by atoms with van der Waals surface area (Å²) in [5.41, 5.74) is 2.54. The molecule has 23 heavy (non-hydrogen) atoms. The van der Waals surface area contributed by atoms with E-state index in [0.29, 0.717) is 5.69 Å². The van der Waals surface area contributed by atoms with Gasteiger partial charge in [0, 0.05) is 7.05 Å². The zero-order valence-electron chi connectivity index (χ0n) is 13.3. The molecule has 0 spiro atoms. The first-order chi connectivity index (χ1) is 10.9. The smallest absolute Gasteiger partial charge is 0.321 e. The van der Waals surface area contributed by atoms with Gasteiger partial charge in [-0.2, -0.15) is 5.26 Å². The van der Waals surface area contributed by atoms with Crippen LogP contribution in [0.2, 0.25) is 0 Å². The number of hydrogen-bond donors (Lipinski definition) is 1. The van der Waals surface area contributed by atoms with Gasteiger partial charge in [0.05, 0.1) is 17.3 Å². The molecule has 0 aliphatic rings. The third-order valence-electron chi connectivity index (χ3n) is 3.80. The van der Waals surface area contributed by atoms with E-state index in [1.54, 1.807) is 7.05 Å². The van der Waals surface area contributed by atoms with E-state index in [2.05, 4.69) is 5.32 Å². The highest BCUT2D eigenvalue weighted by Gasteiger charge is 2.18. The molecule has 0 bridgehead atoms. The first-order valence-corrected chi connectivity index (χ1v) is 7.22. The van der Waals surface area contributed by atoms with E-state index >= 15 is 0 Å². The van der Waals surface area contributed by atoms with Crippen LogP contribution in [-0.4, -0.2) is 18.0 Å². The number of nitrogens with one attached hydrogen (secondary N) is 1. The SMILES string of the molecule is Cc1ccc(C(C)N(C)C(=O)Nc2ccc(F)cc2C#N)cc1. The number of nitriles is 1. The average Bonchev–Trinajstić information content (AvgIpc) is 2.55. The van der Waals surface area contributed by atoms with Crippen LogP contribution < -0.4 is 5.32 Å². The van der Waals surface area contributed by atoms with Crippen molar-refractivity contribution >= 4 is 11.7 Å². The first kappa shape index (κ1) is 16.5. The molecule has 0 aliphatic carbocycles. The van der Waals surface area contributed by atoms with Crippen molar-refractivity contribution in [3.8, 4) is 6.07 Å². The van der Waals surface area contributed by atoms with Crippen LogP contribution in [0, 0.1) is 24.1 Å². The van der Waals surface area contributed by atoms with Crippen LogP contribution >= 0.6 is 0 Å². The molecule has 5 heteroatoms. The fourth-order valence-electron chi connectivity index (χ4n) is 2.17. The Morgan fingerprint density at radius 1 is 1.26 bits per heavy atom. The minimum absolute atomic E-state index is 0.0924. The zero-order chi connectivity index (χ0) is 17.0. The molecule has 2 rings (SSSR count). The fourth-order valence-corrected chi connectivity index (χ4v) is 2.17. The van der Waals surface area contributed by atoms with Crippen LogP contribution in [0.5, 0.6) is 0 Å². The second-order valence-corrected chi connectivity index (χ2v) is 5.43. The summed E-state index contributed by atoms with van der Waals surface area (Å²) in [6, 6.07) is 13.0. The quantitative estimate of drug-likeness (QED) is 0.922. The summed E-state index contributed by atoms with van der Waals surface area (Å²) >= 11 is 0. The third kappa shape index (κ3) is 3.86.